The zero-order valence-corrected chi connectivity index (χ0v) is 12.7. The number of hydrogen-bond acceptors (Lipinski definition) is 4. The van der Waals surface area contributed by atoms with E-state index in [0.29, 0.717) is 18.8 Å². The lowest BCUT2D eigenvalue weighted by Gasteiger charge is -2.29. The molecule has 2 amide bonds. The summed E-state index contributed by atoms with van der Waals surface area (Å²) in [5.74, 6) is 0.450. The van der Waals surface area contributed by atoms with Crippen LogP contribution >= 0.6 is 11.8 Å². The summed E-state index contributed by atoms with van der Waals surface area (Å²) >= 11 is 1.67. The smallest absolute Gasteiger partial charge is 0.267 e. The Morgan fingerprint density at radius 3 is 3.00 bits per heavy atom. The molecule has 2 saturated heterocycles. The number of fused-ring (bicyclic) bond motifs is 1. The number of nitrogens with zero attached hydrogens (tertiary/aromatic N) is 1. The van der Waals surface area contributed by atoms with Crippen LogP contribution in [0.25, 0.3) is 0 Å². The summed E-state index contributed by atoms with van der Waals surface area (Å²) < 4.78 is 0. The third kappa shape index (κ3) is 2.78. The number of hydroxylamine groups is 1. The Bertz CT molecular complexity index is 551. The Kier molecular flexibility index (Phi) is 3.91. The van der Waals surface area contributed by atoms with E-state index in [4.69, 9.17) is 4.84 Å². The lowest BCUT2D eigenvalue weighted by atomic mass is 10.2. The van der Waals surface area contributed by atoms with Gasteiger partial charge in [0.1, 0.15) is 6.04 Å². The van der Waals surface area contributed by atoms with Crippen molar-refractivity contribution in [3.05, 3.63) is 35.9 Å². The first-order valence-electron chi connectivity index (χ1n) is 7.02. The van der Waals surface area contributed by atoms with Crippen molar-refractivity contribution in [1.82, 2.24) is 10.4 Å². The number of thioether (sulfide) groups is 1. The molecule has 2 heterocycles. The summed E-state index contributed by atoms with van der Waals surface area (Å²) in [5.41, 5.74) is 3.46. The fraction of sp³-hybridized carbons (Fsp3) is 0.467. The Labute approximate surface area is 128 Å². The van der Waals surface area contributed by atoms with Crippen LogP contribution in [0.1, 0.15) is 25.3 Å². The summed E-state index contributed by atoms with van der Waals surface area (Å²) in [7, 11) is 0. The largest absolute Gasteiger partial charge is 0.315 e. The molecule has 21 heavy (non-hydrogen) atoms. The van der Waals surface area contributed by atoms with Crippen molar-refractivity contribution in [1.29, 1.82) is 0 Å². The molecule has 0 aromatic heterocycles. The molecule has 0 bridgehead atoms. The van der Waals surface area contributed by atoms with Gasteiger partial charge in [-0.1, -0.05) is 30.3 Å². The zero-order chi connectivity index (χ0) is 14.9. The van der Waals surface area contributed by atoms with Gasteiger partial charge in [-0.05, 0) is 18.9 Å². The molecule has 0 unspecified atom stereocenters. The summed E-state index contributed by atoms with van der Waals surface area (Å²) in [6.07, 6.45) is 1.34. The van der Waals surface area contributed by atoms with E-state index in [0.717, 1.165) is 12.0 Å². The molecular weight excluding hydrogens is 288 g/mol. The van der Waals surface area contributed by atoms with Crippen molar-refractivity contribution in [3.63, 3.8) is 0 Å². The van der Waals surface area contributed by atoms with E-state index in [-0.39, 0.29) is 16.7 Å². The fourth-order valence-electron chi connectivity index (χ4n) is 2.85. The van der Waals surface area contributed by atoms with Crippen molar-refractivity contribution in [2.75, 3.05) is 5.75 Å². The van der Waals surface area contributed by atoms with E-state index in [2.05, 4.69) is 5.48 Å². The lowest BCUT2D eigenvalue weighted by Crippen LogP contribution is -2.50. The monoisotopic (exact) mass is 306 g/mol. The Balaban J connectivity index is 1.55. The molecule has 2 fully saturated rings. The van der Waals surface area contributed by atoms with Crippen LogP contribution in [-0.2, 0) is 21.0 Å². The minimum atomic E-state index is -0.425. The van der Waals surface area contributed by atoms with Gasteiger partial charge in [0.15, 0.2) is 0 Å². The topological polar surface area (TPSA) is 58.6 Å². The van der Waals surface area contributed by atoms with Gasteiger partial charge in [0.2, 0.25) is 5.91 Å². The minimum Gasteiger partial charge on any atom is -0.315 e. The molecule has 1 aromatic carbocycles. The van der Waals surface area contributed by atoms with Crippen molar-refractivity contribution in [2.45, 2.75) is 37.3 Å². The molecule has 2 atom stereocenters. The second-order valence-electron chi connectivity index (χ2n) is 5.51. The molecule has 1 N–H and O–H groups in total. The predicted octanol–water partition coefficient (Wildman–Crippen LogP) is 1.69. The molecular formula is C15H18N2O3S. The van der Waals surface area contributed by atoms with E-state index in [9.17, 15) is 9.59 Å². The summed E-state index contributed by atoms with van der Waals surface area (Å²) in [6.45, 7) is 2.35. The summed E-state index contributed by atoms with van der Waals surface area (Å²) in [6, 6.07) is 9.20. The number of amides is 2. The molecule has 0 spiro atoms. The zero-order valence-electron chi connectivity index (χ0n) is 11.9. The standard InChI is InChI=1S/C15H18N2O3S/c1-15-8-7-13(18)17(15)12(10-21-15)14(19)16-20-9-11-5-3-2-4-6-11/h2-6,12H,7-10H2,1H3,(H,16,19)/t12-,15-/m0/s1. The Morgan fingerprint density at radius 2 is 2.24 bits per heavy atom. The average Bonchev–Trinajstić information content (AvgIpc) is 2.97. The maximum atomic E-state index is 12.2. The Morgan fingerprint density at radius 1 is 1.48 bits per heavy atom. The first kappa shape index (κ1) is 14.4. The third-order valence-electron chi connectivity index (χ3n) is 4.00. The first-order chi connectivity index (χ1) is 10.1. The number of rotatable bonds is 4. The van der Waals surface area contributed by atoms with Crippen LogP contribution in [0.4, 0.5) is 0 Å². The third-order valence-corrected chi connectivity index (χ3v) is 5.51. The van der Waals surface area contributed by atoms with Gasteiger partial charge in [0.25, 0.3) is 5.91 Å². The number of hydrogen-bond donors (Lipinski definition) is 1. The van der Waals surface area contributed by atoms with Crippen LogP contribution in [0.2, 0.25) is 0 Å². The summed E-state index contributed by atoms with van der Waals surface area (Å²) in [4.78, 5) is 30.9. The van der Waals surface area contributed by atoms with E-state index in [1.165, 1.54) is 0 Å². The van der Waals surface area contributed by atoms with Crippen molar-refractivity contribution in [3.8, 4) is 0 Å². The first-order valence-corrected chi connectivity index (χ1v) is 8.00. The SMILES string of the molecule is C[C@]12CCC(=O)N1[C@H](C(=O)NOCc1ccccc1)CS2. The van der Waals surface area contributed by atoms with Gasteiger partial charge in [-0.2, -0.15) is 0 Å². The van der Waals surface area contributed by atoms with Crippen LogP contribution in [0.15, 0.2) is 30.3 Å². The average molecular weight is 306 g/mol. The van der Waals surface area contributed by atoms with Gasteiger partial charge in [0.05, 0.1) is 11.5 Å². The Hall–Kier alpha value is -1.53. The molecule has 3 rings (SSSR count). The molecule has 112 valence electrons. The van der Waals surface area contributed by atoms with E-state index < -0.39 is 6.04 Å². The van der Waals surface area contributed by atoms with E-state index in [1.807, 2.05) is 37.3 Å². The second kappa shape index (κ2) is 5.69. The summed E-state index contributed by atoms with van der Waals surface area (Å²) in [5, 5.41) is 0. The van der Waals surface area contributed by atoms with Gasteiger partial charge in [-0.25, -0.2) is 5.48 Å². The number of carbonyl (C=O) groups is 2. The molecule has 2 aliphatic heterocycles. The van der Waals surface area contributed by atoms with Crippen molar-refractivity contribution >= 4 is 23.6 Å². The molecule has 6 heteroatoms. The second-order valence-corrected chi connectivity index (χ2v) is 7.01. The number of carbonyl (C=O) groups excluding carboxylic acids is 2. The quantitative estimate of drug-likeness (QED) is 0.860. The number of nitrogens with one attached hydrogen (secondary N) is 1. The molecule has 0 radical (unpaired) electrons. The van der Waals surface area contributed by atoms with Gasteiger partial charge in [-0.3, -0.25) is 14.4 Å². The van der Waals surface area contributed by atoms with Crippen LogP contribution in [-0.4, -0.2) is 33.4 Å². The molecule has 5 nitrogen and oxygen atoms in total. The molecule has 1 aromatic rings. The van der Waals surface area contributed by atoms with Crippen LogP contribution in [0.3, 0.4) is 0 Å². The van der Waals surface area contributed by atoms with E-state index >= 15 is 0 Å². The molecule has 0 aliphatic carbocycles. The van der Waals surface area contributed by atoms with Gasteiger partial charge < -0.3 is 4.90 Å². The lowest BCUT2D eigenvalue weighted by molar-refractivity contribution is -0.145. The van der Waals surface area contributed by atoms with Crippen molar-refractivity contribution in [2.24, 2.45) is 0 Å². The van der Waals surface area contributed by atoms with Crippen LogP contribution < -0.4 is 5.48 Å². The highest BCUT2D eigenvalue weighted by Gasteiger charge is 2.52. The van der Waals surface area contributed by atoms with Gasteiger partial charge >= 0.3 is 0 Å². The maximum Gasteiger partial charge on any atom is 0.267 e. The van der Waals surface area contributed by atoms with Crippen LogP contribution in [0, 0.1) is 0 Å². The normalized spacial score (nSPS) is 27.8. The number of benzene rings is 1. The molecule has 0 saturated carbocycles. The highest BCUT2D eigenvalue weighted by molar-refractivity contribution is 8.01. The van der Waals surface area contributed by atoms with E-state index in [1.54, 1.807) is 16.7 Å². The minimum absolute atomic E-state index is 0.0608. The van der Waals surface area contributed by atoms with Crippen LogP contribution in [0.5, 0.6) is 0 Å². The fourth-order valence-corrected chi connectivity index (χ4v) is 4.28. The maximum absolute atomic E-state index is 12.2. The highest BCUT2D eigenvalue weighted by Crippen LogP contribution is 2.47. The van der Waals surface area contributed by atoms with Crippen molar-refractivity contribution < 1.29 is 14.4 Å². The molecule has 2 aliphatic rings. The highest BCUT2D eigenvalue weighted by atomic mass is 32.2. The van der Waals surface area contributed by atoms with Gasteiger partial charge in [-0.15, -0.1) is 11.8 Å². The van der Waals surface area contributed by atoms with Gasteiger partial charge in [0, 0.05) is 12.2 Å². The predicted molar refractivity (Wildman–Crippen MR) is 80.1 cm³/mol.